The molecule has 0 unspecified atom stereocenters. The van der Waals surface area contributed by atoms with Crippen LogP contribution in [0.1, 0.15) is 21.3 Å². The molecule has 0 saturated carbocycles. The molecule has 0 aliphatic carbocycles. The van der Waals surface area contributed by atoms with E-state index in [1.165, 1.54) is 16.8 Å². The third kappa shape index (κ3) is 4.20. The number of carbonyl (C=O) groups is 2. The minimum Gasteiger partial charge on any atom is -0.434 e. The number of nitro benzene ring substituents is 1. The zero-order valence-corrected chi connectivity index (χ0v) is 16.2. The number of urea groups is 1. The van der Waals surface area contributed by atoms with Gasteiger partial charge in [-0.15, -0.1) is 11.3 Å². The third-order valence-corrected chi connectivity index (χ3v) is 5.49. The van der Waals surface area contributed by atoms with Crippen molar-refractivity contribution in [3.8, 4) is 5.75 Å². The number of ether oxygens (including phenoxy) is 1. The number of carbonyl (C=O) groups excluding carboxylic acids is 2. The summed E-state index contributed by atoms with van der Waals surface area (Å²) in [6, 6.07) is 0.787. The van der Waals surface area contributed by atoms with Gasteiger partial charge in [0.25, 0.3) is 5.69 Å². The summed E-state index contributed by atoms with van der Waals surface area (Å²) in [6.45, 7) is -3.49. The van der Waals surface area contributed by atoms with Gasteiger partial charge in [-0.2, -0.15) is 22.0 Å². The Labute approximate surface area is 178 Å². The van der Waals surface area contributed by atoms with Gasteiger partial charge in [-0.3, -0.25) is 14.9 Å². The molecule has 2 amide bonds. The summed E-state index contributed by atoms with van der Waals surface area (Å²) in [6.07, 6.45) is -5.59. The van der Waals surface area contributed by atoms with Crippen molar-refractivity contribution in [1.82, 2.24) is 10.6 Å². The molecule has 9 nitrogen and oxygen atoms in total. The van der Waals surface area contributed by atoms with Gasteiger partial charge >= 0.3 is 18.8 Å². The topological polar surface area (TPSA) is 131 Å². The number of hydrogen-bond donors (Lipinski definition) is 3. The molecule has 1 aromatic carbocycles. The van der Waals surface area contributed by atoms with E-state index < -0.39 is 64.2 Å². The van der Waals surface area contributed by atoms with Crippen LogP contribution < -0.4 is 15.4 Å². The predicted molar refractivity (Wildman–Crippen MR) is 97.3 cm³/mol. The van der Waals surface area contributed by atoms with Gasteiger partial charge in [0.15, 0.2) is 5.78 Å². The monoisotopic (exact) mass is 481 g/mol. The summed E-state index contributed by atoms with van der Waals surface area (Å²) < 4.78 is 71.6. The van der Waals surface area contributed by atoms with E-state index in [0.29, 0.717) is 12.1 Å². The van der Waals surface area contributed by atoms with E-state index >= 15 is 0 Å². The quantitative estimate of drug-likeness (QED) is 0.251. The third-order valence-electron chi connectivity index (χ3n) is 4.61. The van der Waals surface area contributed by atoms with E-state index in [-0.39, 0.29) is 4.88 Å². The van der Waals surface area contributed by atoms with Crippen LogP contribution in [0.2, 0.25) is 0 Å². The van der Waals surface area contributed by atoms with Gasteiger partial charge in [0.05, 0.1) is 15.8 Å². The average molecular weight is 481 g/mol. The molecule has 1 aromatic heterocycles. The minimum absolute atomic E-state index is 0.248. The number of nitrogens with one attached hydrogen (secondary N) is 2. The van der Waals surface area contributed by atoms with Crippen molar-refractivity contribution >= 4 is 28.8 Å². The fourth-order valence-corrected chi connectivity index (χ4v) is 3.97. The Morgan fingerprint density at radius 3 is 2.53 bits per heavy atom. The fraction of sp³-hybridized carbons (Fsp3) is 0.294. The van der Waals surface area contributed by atoms with E-state index in [4.69, 9.17) is 0 Å². The smallest absolute Gasteiger partial charge is 0.434 e. The van der Waals surface area contributed by atoms with E-state index in [2.05, 4.69) is 4.74 Å². The average Bonchev–Trinajstić information content (AvgIpc) is 3.20. The number of amides is 2. The highest BCUT2D eigenvalue weighted by atomic mass is 32.1. The number of nitro groups is 1. The lowest BCUT2D eigenvalue weighted by Gasteiger charge is -2.45. The van der Waals surface area contributed by atoms with Crippen molar-refractivity contribution in [2.24, 2.45) is 5.92 Å². The van der Waals surface area contributed by atoms with Crippen LogP contribution in [0.5, 0.6) is 5.75 Å². The van der Waals surface area contributed by atoms with Gasteiger partial charge in [-0.1, -0.05) is 6.07 Å². The Kier molecular flexibility index (Phi) is 6.06. The lowest BCUT2D eigenvalue weighted by Crippen LogP contribution is -2.72. The maximum absolute atomic E-state index is 13.9. The summed E-state index contributed by atoms with van der Waals surface area (Å²) in [4.78, 5) is 34.9. The normalized spacial score (nSPS) is 23.4. The maximum atomic E-state index is 13.9. The maximum Gasteiger partial charge on any atom is 0.437 e. The Morgan fingerprint density at radius 2 is 2.00 bits per heavy atom. The minimum atomic E-state index is -5.59. The van der Waals surface area contributed by atoms with E-state index in [1.807, 2.05) is 5.32 Å². The molecule has 32 heavy (non-hydrogen) atoms. The van der Waals surface area contributed by atoms with Gasteiger partial charge < -0.3 is 20.5 Å². The highest BCUT2D eigenvalue weighted by Gasteiger charge is 2.66. The number of ketones is 1. The number of halogens is 5. The summed E-state index contributed by atoms with van der Waals surface area (Å²) in [5.74, 6) is -4.68. The number of alkyl halides is 5. The molecule has 3 rings (SSSR count). The van der Waals surface area contributed by atoms with Gasteiger partial charge in [-0.05, 0) is 17.5 Å². The van der Waals surface area contributed by atoms with Crippen LogP contribution in [0.4, 0.5) is 32.4 Å². The molecular formula is C17H12F5N3O6S. The van der Waals surface area contributed by atoms with Crippen LogP contribution in [0, 0.1) is 16.0 Å². The van der Waals surface area contributed by atoms with E-state index in [0.717, 1.165) is 23.5 Å². The Balaban J connectivity index is 2.26. The van der Waals surface area contributed by atoms with Crippen molar-refractivity contribution in [3.05, 3.63) is 56.3 Å². The molecule has 3 atom stereocenters. The van der Waals surface area contributed by atoms with Crippen LogP contribution >= 0.6 is 11.3 Å². The van der Waals surface area contributed by atoms with E-state index in [1.54, 1.807) is 0 Å². The molecule has 172 valence electrons. The largest absolute Gasteiger partial charge is 0.437 e. The predicted octanol–water partition coefficient (Wildman–Crippen LogP) is 3.36. The van der Waals surface area contributed by atoms with Gasteiger partial charge in [-0.25, -0.2) is 4.79 Å². The number of thiophene rings is 1. The first-order valence-electron chi connectivity index (χ1n) is 8.54. The number of non-ortho nitro benzene ring substituents is 1. The second kappa shape index (κ2) is 8.31. The lowest BCUT2D eigenvalue weighted by atomic mass is 9.78. The van der Waals surface area contributed by atoms with Crippen LogP contribution in [-0.2, 0) is 0 Å². The Bertz CT molecular complexity index is 1050. The standard InChI is InChI=1S/C17H12F5N3O6S/c18-14(19)31-9-4-3-7(25(29)30)6-8(9)12-11(13(26)10-2-1-5-32-10)16(28,17(20,21)22)24-15(27)23-12/h1-6,11-12,14,28H,(H2,23,24,27)/t11-,12+,16-/m1/s1. The lowest BCUT2D eigenvalue weighted by molar-refractivity contribution is -0.385. The molecule has 1 aliphatic heterocycles. The Morgan fingerprint density at radius 1 is 1.31 bits per heavy atom. The zero-order chi connectivity index (χ0) is 23.8. The van der Waals surface area contributed by atoms with Crippen molar-refractivity contribution in [1.29, 1.82) is 0 Å². The summed E-state index contributed by atoms with van der Waals surface area (Å²) in [5.41, 5.74) is -5.60. The molecule has 1 aliphatic rings. The highest BCUT2D eigenvalue weighted by Crippen LogP contribution is 2.46. The number of aliphatic hydroxyl groups is 1. The van der Waals surface area contributed by atoms with Crippen LogP contribution in [-0.4, -0.2) is 40.4 Å². The summed E-state index contributed by atoms with van der Waals surface area (Å²) in [5, 5.41) is 26.2. The van der Waals surface area contributed by atoms with Gasteiger partial charge in [0.2, 0.25) is 5.72 Å². The number of nitrogens with zero attached hydrogens (tertiary/aromatic N) is 1. The first-order chi connectivity index (χ1) is 14.8. The second-order valence-corrected chi connectivity index (χ2v) is 7.46. The first kappa shape index (κ1) is 23.3. The molecule has 0 radical (unpaired) electrons. The number of hydrogen-bond acceptors (Lipinski definition) is 7. The fourth-order valence-electron chi connectivity index (χ4n) is 3.27. The van der Waals surface area contributed by atoms with Crippen molar-refractivity contribution < 1.29 is 46.3 Å². The van der Waals surface area contributed by atoms with Crippen molar-refractivity contribution in [2.75, 3.05) is 0 Å². The summed E-state index contributed by atoms with van der Waals surface area (Å²) in [7, 11) is 0. The van der Waals surface area contributed by atoms with Gasteiger partial charge in [0.1, 0.15) is 11.7 Å². The second-order valence-electron chi connectivity index (χ2n) is 6.52. The number of benzene rings is 1. The molecule has 1 fully saturated rings. The molecule has 3 N–H and O–H groups in total. The first-order valence-corrected chi connectivity index (χ1v) is 9.41. The molecule has 0 bridgehead atoms. The van der Waals surface area contributed by atoms with Gasteiger partial charge in [0, 0.05) is 17.7 Å². The zero-order valence-electron chi connectivity index (χ0n) is 15.4. The molecule has 2 aromatic rings. The number of Topliss-reactive ketones (excluding diaryl/α,β-unsaturated/α-hetero) is 1. The van der Waals surface area contributed by atoms with Crippen molar-refractivity contribution in [2.45, 2.75) is 24.6 Å². The molecule has 0 spiro atoms. The molecule has 1 saturated heterocycles. The van der Waals surface area contributed by atoms with Crippen LogP contribution in [0.3, 0.4) is 0 Å². The highest BCUT2D eigenvalue weighted by molar-refractivity contribution is 7.12. The SMILES string of the molecule is O=C1N[C@@H](c2cc([N+](=O)[O-])ccc2OC(F)F)[C@H](C(=O)c2cccs2)[C@@](O)(C(F)(F)F)N1. The van der Waals surface area contributed by atoms with Crippen molar-refractivity contribution in [3.63, 3.8) is 0 Å². The molecule has 15 heteroatoms. The van der Waals surface area contributed by atoms with Crippen LogP contribution in [0.15, 0.2) is 35.7 Å². The van der Waals surface area contributed by atoms with E-state index in [9.17, 15) is 46.8 Å². The molecule has 2 heterocycles. The molecular weight excluding hydrogens is 469 g/mol. The summed E-state index contributed by atoms with van der Waals surface area (Å²) >= 11 is 0.729. The number of rotatable bonds is 6. The van der Waals surface area contributed by atoms with Crippen LogP contribution in [0.25, 0.3) is 0 Å². The Hall–Kier alpha value is -3.33.